The summed E-state index contributed by atoms with van der Waals surface area (Å²) >= 11 is 7.54. The van der Waals surface area contributed by atoms with Crippen LogP contribution in [-0.4, -0.2) is 20.2 Å². The van der Waals surface area contributed by atoms with Gasteiger partial charge in [0.1, 0.15) is 5.03 Å². The molecule has 0 atom stereocenters. The molecule has 0 aliphatic rings. The van der Waals surface area contributed by atoms with Gasteiger partial charge in [-0.15, -0.1) is 11.8 Å². The summed E-state index contributed by atoms with van der Waals surface area (Å²) in [7, 11) is 0. The molecular formula is C13H11ClN4S. The molecule has 0 aliphatic carbocycles. The molecule has 0 spiro atoms. The molecule has 96 valence electrons. The summed E-state index contributed by atoms with van der Waals surface area (Å²) in [4.78, 5) is 8.36. The molecule has 4 nitrogen and oxygen atoms in total. The van der Waals surface area contributed by atoms with E-state index in [1.165, 1.54) is 11.1 Å². The fraction of sp³-hybridized carbons (Fsp3) is 0.154. The fourth-order valence-electron chi connectivity index (χ4n) is 1.85. The highest BCUT2D eigenvalue weighted by molar-refractivity contribution is 7.98. The zero-order chi connectivity index (χ0) is 13.2. The number of fused-ring (bicyclic) bond motifs is 1. The van der Waals surface area contributed by atoms with Gasteiger partial charge in [0.15, 0.2) is 5.65 Å². The smallest absolute Gasteiger partial charge is 0.225 e. The molecule has 2 aromatic heterocycles. The van der Waals surface area contributed by atoms with Crippen LogP contribution >= 0.6 is 23.4 Å². The van der Waals surface area contributed by atoms with E-state index in [0.29, 0.717) is 5.65 Å². The molecule has 1 N–H and O–H groups in total. The number of H-pyrrole nitrogens is 1. The van der Waals surface area contributed by atoms with E-state index in [1.54, 1.807) is 18.0 Å². The van der Waals surface area contributed by atoms with E-state index < -0.39 is 0 Å². The molecule has 3 rings (SSSR count). The van der Waals surface area contributed by atoms with Crippen molar-refractivity contribution in [3.63, 3.8) is 0 Å². The van der Waals surface area contributed by atoms with E-state index in [9.17, 15) is 0 Å². The van der Waals surface area contributed by atoms with E-state index >= 15 is 0 Å². The summed E-state index contributed by atoms with van der Waals surface area (Å²) in [5.74, 6) is 0.843. The Bertz CT molecular complexity index is 725. The van der Waals surface area contributed by atoms with Crippen molar-refractivity contribution in [1.29, 1.82) is 0 Å². The second kappa shape index (κ2) is 5.19. The zero-order valence-electron chi connectivity index (χ0n) is 10.2. The lowest BCUT2D eigenvalue weighted by atomic mass is 10.2. The maximum atomic E-state index is 5.90. The van der Waals surface area contributed by atoms with Crippen LogP contribution in [0.2, 0.25) is 5.28 Å². The minimum absolute atomic E-state index is 0.239. The molecule has 19 heavy (non-hydrogen) atoms. The monoisotopic (exact) mass is 290 g/mol. The molecular weight excluding hydrogens is 280 g/mol. The molecule has 0 saturated heterocycles. The Labute approximate surface area is 119 Å². The first-order chi connectivity index (χ1) is 9.22. The van der Waals surface area contributed by atoms with E-state index in [-0.39, 0.29) is 5.28 Å². The van der Waals surface area contributed by atoms with Crippen LogP contribution in [0.4, 0.5) is 0 Å². The highest BCUT2D eigenvalue weighted by Gasteiger charge is 2.09. The van der Waals surface area contributed by atoms with E-state index in [0.717, 1.165) is 16.2 Å². The summed E-state index contributed by atoms with van der Waals surface area (Å²) in [6, 6.07) is 8.42. The molecule has 3 aromatic rings. The van der Waals surface area contributed by atoms with Crippen molar-refractivity contribution in [1.82, 2.24) is 20.2 Å². The number of halogens is 1. The molecule has 2 heterocycles. The van der Waals surface area contributed by atoms with Gasteiger partial charge >= 0.3 is 0 Å². The van der Waals surface area contributed by atoms with Crippen molar-refractivity contribution >= 4 is 34.4 Å². The van der Waals surface area contributed by atoms with Crippen molar-refractivity contribution < 1.29 is 0 Å². The van der Waals surface area contributed by atoms with Gasteiger partial charge in [0, 0.05) is 5.75 Å². The number of benzene rings is 1. The van der Waals surface area contributed by atoms with E-state index in [4.69, 9.17) is 11.6 Å². The van der Waals surface area contributed by atoms with Crippen LogP contribution in [0, 0.1) is 6.92 Å². The van der Waals surface area contributed by atoms with Gasteiger partial charge < -0.3 is 0 Å². The van der Waals surface area contributed by atoms with Crippen LogP contribution in [-0.2, 0) is 5.75 Å². The van der Waals surface area contributed by atoms with Crippen molar-refractivity contribution in [2.75, 3.05) is 0 Å². The first kappa shape index (κ1) is 12.4. The van der Waals surface area contributed by atoms with Crippen molar-refractivity contribution in [3.8, 4) is 0 Å². The van der Waals surface area contributed by atoms with Crippen LogP contribution in [0.25, 0.3) is 11.0 Å². The molecule has 0 bridgehead atoms. The van der Waals surface area contributed by atoms with Gasteiger partial charge in [-0.05, 0) is 24.1 Å². The lowest BCUT2D eigenvalue weighted by Crippen LogP contribution is -1.89. The van der Waals surface area contributed by atoms with Crippen molar-refractivity contribution in [2.24, 2.45) is 0 Å². The highest BCUT2D eigenvalue weighted by atomic mass is 35.5. The predicted octanol–water partition coefficient (Wildman–Crippen LogP) is 3.61. The van der Waals surface area contributed by atoms with Crippen LogP contribution in [0.1, 0.15) is 11.1 Å². The van der Waals surface area contributed by atoms with Gasteiger partial charge in [-0.3, -0.25) is 5.10 Å². The maximum absolute atomic E-state index is 5.90. The third-order valence-electron chi connectivity index (χ3n) is 2.71. The second-order valence-corrected chi connectivity index (χ2v) is 5.51. The summed E-state index contributed by atoms with van der Waals surface area (Å²) in [5.41, 5.74) is 3.19. The highest BCUT2D eigenvalue weighted by Crippen LogP contribution is 2.28. The molecule has 0 amide bonds. The summed E-state index contributed by atoms with van der Waals surface area (Å²) < 4.78 is 0. The van der Waals surface area contributed by atoms with Crippen LogP contribution in [0.15, 0.2) is 35.5 Å². The average molecular weight is 291 g/mol. The Balaban J connectivity index is 1.87. The zero-order valence-corrected chi connectivity index (χ0v) is 11.8. The van der Waals surface area contributed by atoms with Gasteiger partial charge in [0.25, 0.3) is 0 Å². The largest absolute Gasteiger partial charge is 0.261 e. The Morgan fingerprint density at radius 1 is 1.32 bits per heavy atom. The van der Waals surface area contributed by atoms with E-state index in [2.05, 4.69) is 51.4 Å². The first-order valence-corrected chi connectivity index (χ1v) is 7.14. The Kier molecular flexibility index (Phi) is 3.40. The molecule has 0 saturated carbocycles. The molecule has 1 aromatic carbocycles. The standard InChI is InChI=1S/C13H11ClN4S/c1-8-3-2-4-9(5-8)7-19-12-10-6-15-18-11(10)16-13(14)17-12/h2-6H,7H2,1H3,(H,15,16,17,18). The molecule has 0 fully saturated rings. The number of hydrogen-bond acceptors (Lipinski definition) is 4. The number of nitrogens with zero attached hydrogens (tertiary/aromatic N) is 3. The van der Waals surface area contributed by atoms with Crippen LogP contribution < -0.4 is 0 Å². The number of aryl methyl sites for hydroxylation is 1. The normalized spacial score (nSPS) is 11.1. The SMILES string of the molecule is Cc1cccc(CSc2nc(Cl)nc3[nH]ncc23)c1. The number of rotatable bonds is 3. The summed E-state index contributed by atoms with van der Waals surface area (Å²) in [6.45, 7) is 2.09. The third kappa shape index (κ3) is 2.72. The van der Waals surface area contributed by atoms with Gasteiger partial charge in [0.2, 0.25) is 5.28 Å². The topological polar surface area (TPSA) is 54.5 Å². The second-order valence-electron chi connectivity index (χ2n) is 4.21. The Morgan fingerprint density at radius 2 is 2.21 bits per heavy atom. The van der Waals surface area contributed by atoms with Gasteiger partial charge in [-0.2, -0.15) is 10.1 Å². The maximum Gasteiger partial charge on any atom is 0.225 e. The van der Waals surface area contributed by atoms with Gasteiger partial charge in [-0.1, -0.05) is 29.8 Å². The predicted molar refractivity (Wildman–Crippen MR) is 77.4 cm³/mol. The summed E-state index contributed by atoms with van der Waals surface area (Å²) in [5, 5.41) is 8.78. The third-order valence-corrected chi connectivity index (χ3v) is 3.94. The molecule has 0 unspecified atom stereocenters. The molecule has 0 aliphatic heterocycles. The van der Waals surface area contributed by atoms with Crippen molar-refractivity contribution in [2.45, 2.75) is 17.7 Å². The van der Waals surface area contributed by atoms with Gasteiger partial charge in [-0.25, -0.2) is 4.98 Å². The number of aromatic amines is 1. The quantitative estimate of drug-likeness (QED) is 0.455. The van der Waals surface area contributed by atoms with E-state index in [1.807, 2.05) is 0 Å². The van der Waals surface area contributed by atoms with Crippen LogP contribution in [0.5, 0.6) is 0 Å². The van der Waals surface area contributed by atoms with Gasteiger partial charge in [0.05, 0.1) is 11.6 Å². The average Bonchev–Trinajstić information content (AvgIpc) is 2.84. The molecule has 6 heteroatoms. The summed E-state index contributed by atoms with van der Waals surface area (Å²) in [6.07, 6.45) is 1.73. The Morgan fingerprint density at radius 3 is 3.05 bits per heavy atom. The first-order valence-electron chi connectivity index (χ1n) is 5.77. The minimum Gasteiger partial charge on any atom is -0.261 e. The lowest BCUT2D eigenvalue weighted by Gasteiger charge is -2.03. The Hall–Kier alpha value is -1.59. The van der Waals surface area contributed by atoms with Crippen LogP contribution in [0.3, 0.4) is 0 Å². The molecule has 0 radical (unpaired) electrons. The van der Waals surface area contributed by atoms with Crippen molar-refractivity contribution in [3.05, 3.63) is 46.9 Å². The number of nitrogens with one attached hydrogen (secondary N) is 1. The number of hydrogen-bond donors (Lipinski definition) is 1. The minimum atomic E-state index is 0.239. The lowest BCUT2D eigenvalue weighted by molar-refractivity contribution is 1.07. The number of thioether (sulfide) groups is 1. The number of aromatic nitrogens is 4. The fourth-order valence-corrected chi connectivity index (χ4v) is 3.00.